The van der Waals surface area contributed by atoms with Crippen LogP contribution in [0.5, 0.6) is 5.75 Å². The highest BCUT2D eigenvalue weighted by Gasteiger charge is 2.21. The number of methoxy groups -OCH3 is 2. The molecule has 0 atom stereocenters. The molecule has 0 saturated carbocycles. The first-order valence-electron chi connectivity index (χ1n) is 12.0. The quantitative estimate of drug-likeness (QED) is 0.302. The highest BCUT2D eigenvalue weighted by Crippen LogP contribution is 2.26. The van der Waals surface area contributed by atoms with Gasteiger partial charge in [0, 0.05) is 41.7 Å². The van der Waals surface area contributed by atoms with Gasteiger partial charge in [-0.1, -0.05) is 29.3 Å². The fourth-order valence-electron chi connectivity index (χ4n) is 3.84. The van der Waals surface area contributed by atoms with E-state index in [9.17, 15) is 9.59 Å². The van der Waals surface area contributed by atoms with Crippen molar-refractivity contribution >= 4 is 29.4 Å². The molecule has 1 aromatic heterocycles. The number of carbonyl (C=O) groups excluding carboxylic acids is 2. The van der Waals surface area contributed by atoms with E-state index in [-0.39, 0.29) is 31.5 Å². The summed E-state index contributed by atoms with van der Waals surface area (Å²) in [6, 6.07) is 22.0. The van der Waals surface area contributed by atoms with Gasteiger partial charge in [-0.3, -0.25) is 19.5 Å². The number of halogens is 1. The molecule has 196 valence electrons. The van der Waals surface area contributed by atoms with Crippen LogP contribution in [0, 0.1) is 6.92 Å². The summed E-state index contributed by atoms with van der Waals surface area (Å²) in [6.45, 7) is 2.36. The van der Waals surface area contributed by atoms with E-state index in [0.29, 0.717) is 22.2 Å². The molecule has 1 heterocycles. The first kappa shape index (κ1) is 26.9. The summed E-state index contributed by atoms with van der Waals surface area (Å²) >= 11 is 5.96. The number of carbonyl (C=O) groups is 2. The van der Waals surface area contributed by atoms with Gasteiger partial charge < -0.3 is 14.4 Å². The van der Waals surface area contributed by atoms with Crippen LogP contribution >= 0.6 is 11.6 Å². The van der Waals surface area contributed by atoms with Crippen LogP contribution in [0.2, 0.25) is 5.02 Å². The lowest BCUT2D eigenvalue weighted by atomic mass is 10.1. The van der Waals surface area contributed by atoms with Crippen molar-refractivity contribution in [2.75, 3.05) is 39.2 Å². The Labute approximate surface area is 226 Å². The normalized spacial score (nSPS) is 10.7. The zero-order chi connectivity index (χ0) is 27.1. The monoisotopic (exact) mass is 532 g/mol. The molecule has 4 aromatic rings. The summed E-state index contributed by atoms with van der Waals surface area (Å²) < 4.78 is 12.2. The molecule has 0 bridgehead atoms. The Kier molecular flexibility index (Phi) is 8.78. The van der Waals surface area contributed by atoms with Gasteiger partial charge in [0.15, 0.2) is 0 Å². The number of aromatic nitrogens is 2. The van der Waals surface area contributed by atoms with Gasteiger partial charge in [-0.25, -0.2) is 4.98 Å². The second-order valence-electron chi connectivity index (χ2n) is 8.66. The topological polar surface area (TPSA) is 85.7 Å². The molecule has 0 fully saturated rings. The average Bonchev–Trinajstić information content (AvgIpc) is 3.35. The number of hydrogen-bond acceptors (Lipinski definition) is 5. The van der Waals surface area contributed by atoms with E-state index < -0.39 is 0 Å². The van der Waals surface area contributed by atoms with Crippen molar-refractivity contribution < 1.29 is 19.1 Å². The maximum absolute atomic E-state index is 13.2. The fourth-order valence-corrected chi connectivity index (χ4v) is 3.96. The van der Waals surface area contributed by atoms with Crippen LogP contribution in [0.4, 0.5) is 5.95 Å². The van der Waals surface area contributed by atoms with Crippen LogP contribution in [-0.2, 0) is 9.53 Å². The molecule has 8 nitrogen and oxygen atoms in total. The number of ether oxygens (including phenoxy) is 2. The maximum Gasteiger partial charge on any atom is 0.254 e. The predicted octanol–water partition coefficient (Wildman–Crippen LogP) is 5.24. The minimum Gasteiger partial charge on any atom is -0.497 e. The third-order valence-corrected chi connectivity index (χ3v) is 6.19. The number of nitrogens with zero attached hydrogens (tertiary/aromatic N) is 3. The lowest BCUT2D eigenvalue weighted by molar-refractivity contribution is -0.117. The summed E-state index contributed by atoms with van der Waals surface area (Å²) in [6.07, 6.45) is 1.86. The lowest BCUT2D eigenvalue weighted by Gasteiger charge is -2.22. The van der Waals surface area contributed by atoms with Gasteiger partial charge in [0.25, 0.3) is 5.91 Å². The number of hydrogen-bond donors (Lipinski definition) is 1. The van der Waals surface area contributed by atoms with Crippen molar-refractivity contribution in [3.8, 4) is 22.7 Å². The number of benzene rings is 3. The highest BCUT2D eigenvalue weighted by atomic mass is 35.5. The SMILES string of the molecule is COCCN(CC(=O)Nc1nc(-c2ccc(OC)cc2)cn1-c1ccc(C)cc1)C(=O)c1ccc(Cl)cc1. The predicted molar refractivity (Wildman–Crippen MR) is 148 cm³/mol. The van der Waals surface area contributed by atoms with Crippen LogP contribution in [0.25, 0.3) is 16.9 Å². The third-order valence-electron chi connectivity index (χ3n) is 5.93. The third kappa shape index (κ3) is 6.59. The summed E-state index contributed by atoms with van der Waals surface area (Å²) in [5.74, 6) is 0.398. The van der Waals surface area contributed by atoms with Crippen molar-refractivity contribution in [1.82, 2.24) is 14.5 Å². The second kappa shape index (κ2) is 12.4. The molecule has 0 spiro atoms. The van der Waals surface area contributed by atoms with Gasteiger partial charge in [-0.15, -0.1) is 0 Å². The van der Waals surface area contributed by atoms with E-state index in [1.54, 1.807) is 38.5 Å². The van der Waals surface area contributed by atoms with Crippen LogP contribution in [0.15, 0.2) is 79.0 Å². The molecule has 0 aliphatic rings. The fraction of sp³-hybridized carbons (Fsp3) is 0.207. The van der Waals surface area contributed by atoms with Gasteiger partial charge in [0.2, 0.25) is 11.9 Å². The van der Waals surface area contributed by atoms with E-state index in [1.165, 1.54) is 4.90 Å². The van der Waals surface area contributed by atoms with Crippen molar-refractivity contribution in [2.24, 2.45) is 0 Å². The van der Waals surface area contributed by atoms with E-state index in [4.69, 9.17) is 26.1 Å². The Morgan fingerprint density at radius 1 is 0.974 bits per heavy atom. The number of amides is 2. The van der Waals surface area contributed by atoms with Crippen molar-refractivity contribution in [1.29, 1.82) is 0 Å². The van der Waals surface area contributed by atoms with Crippen LogP contribution in [-0.4, -0.2) is 60.2 Å². The summed E-state index contributed by atoms with van der Waals surface area (Å²) in [5.41, 5.74) is 3.93. The Morgan fingerprint density at radius 3 is 2.29 bits per heavy atom. The first-order chi connectivity index (χ1) is 18.4. The molecule has 3 aromatic carbocycles. The Hall–Kier alpha value is -4.14. The zero-order valence-electron chi connectivity index (χ0n) is 21.5. The summed E-state index contributed by atoms with van der Waals surface area (Å²) in [5, 5.41) is 3.42. The minimum absolute atomic E-state index is 0.177. The molecule has 0 aliphatic heterocycles. The van der Waals surface area contributed by atoms with Crippen molar-refractivity contribution in [3.05, 3.63) is 95.1 Å². The van der Waals surface area contributed by atoms with E-state index >= 15 is 0 Å². The number of anilines is 1. The number of imidazole rings is 1. The van der Waals surface area contributed by atoms with E-state index in [2.05, 4.69) is 5.32 Å². The van der Waals surface area contributed by atoms with Gasteiger partial charge >= 0.3 is 0 Å². The molecular formula is C29H29ClN4O4. The molecule has 0 aliphatic carbocycles. The van der Waals surface area contributed by atoms with E-state index in [0.717, 1.165) is 22.6 Å². The number of aryl methyl sites for hydroxylation is 1. The Bertz CT molecular complexity index is 1380. The highest BCUT2D eigenvalue weighted by molar-refractivity contribution is 6.30. The Balaban J connectivity index is 1.60. The second-order valence-corrected chi connectivity index (χ2v) is 9.09. The number of nitrogens with one attached hydrogen (secondary N) is 1. The van der Waals surface area contributed by atoms with Gasteiger partial charge in [-0.05, 0) is 67.6 Å². The molecule has 0 radical (unpaired) electrons. The van der Waals surface area contributed by atoms with E-state index in [1.807, 2.05) is 66.2 Å². The van der Waals surface area contributed by atoms with Gasteiger partial charge in [0.05, 0.1) is 19.4 Å². The molecule has 1 N–H and O–H groups in total. The lowest BCUT2D eigenvalue weighted by Crippen LogP contribution is -2.40. The summed E-state index contributed by atoms with van der Waals surface area (Å²) in [4.78, 5) is 32.5. The van der Waals surface area contributed by atoms with Crippen LogP contribution in [0.1, 0.15) is 15.9 Å². The van der Waals surface area contributed by atoms with Crippen molar-refractivity contribution in [3.63, 3.8) is 0 Å². The van der Waals surface area contributed by atoms with Gasteiger partial charge in [-0.2, -0.15) is 0 Å². The Morgan fingerprint density at radius 2 is 1.66 bits per heavy atom. The van der Waals surface area contributed by atoms with Gasteiger partial charge in [0.1, 0.15) is 12.3 Å². The molecule has 2 amide bonds. The molecule has 38 heavy (non-hydrogen) atoms. The molecule has 4 rings (SSSR count). The maximum atomic E-state index is 13.2. The standard InChI is InChI=1S/C29H29ClN4O4/c1-20-4-12-24(13-5-20)34-18-26(21-8-14-25(38-3)15-9-21)31-29(34)32-27(35)19-33(16-17-37-2)28(36)22-6-10-23(30)11-7-22/h4-15,18H,16-17,19H2,1-3H3,(H,31,32,35). The average molecular weight is 533 g/mol. The van der Waals surface area contributed by atoms with Crippen molar-refractivity contribution in [2.45, 2.75) is 6.92 Å². The smallest absolute Gasteiger partial charge is 0.254 e. The summed E-state index contributed by atoms with van der Waals surface area (Å²) in [7, 11) is 3.16. The molecule has 9 heteroatoms. The molecular weight excluding hydrogens is 504 g/mol. The molecule has 0 saturated heterocycles. The minimum atomic E-state index is -0.386. The number of rotatable bonds is 10. The zero-order valence-corrected chi connectivity index (χ0v) is 22.2. The largest absolute Gasteiger partial charge is 0.497 e. The van der Waals surface area contributed by atoms with Crippen LogP contribution < -0.4 is 10.1 Å². The van der Waals surface area contributed by atoms with Crippen LogP contribution in [0.3, 0.4) is 0 Å². The molecule has 0 unspecified atom stereocenters. The first-order valence-corrected chi connectivity index (χ1v) is 12.4.